The van der Waals surface area contributed by atoms with Crippen molar-refractivity contribution in [3.8, 4) is 5.75 Å². The Morgan fingerprint density at radius 1 is 1.19 bits per heavy atom. The summed E-state index contributed by atoms with van der Waals surface area (Å²) in [5.41, 5.74) is 3.35. The fourth-order valence-electron chi connectivity index (χ4n) is 5.42. The van der Waals surface area contributed by atoms with E-state index in [0.717, 1.165) is 59.6 Å². The zero-order valence-corrected chi connectivity index (χ0v) is 22.5. The minimum Gasteiger partial charge on any atom is -0.496 e. The highest BCUT2D eigenvalue weighted by Gasteiger charge is 2.42. The number of rotatable bonds is 3. The van der Waals surface area contributed by atoms with E-state index < -0.39 is 5.66 Å². The summed E-state index contributed by atoms with van der Waals surface area (Å²) in [5.74, 6) is 2.88. The maximum atomic E-state index is 6.21. The van der Waals surface area contributed by atoms with E-state index in [4.69, 9.17) is 35.8 Å². The summed E-state index contributed by atoms with van der Waals surface area (Å²) < 4.78 is 17.2. The number of hydrogen-bond donors (Lipinski definition) is 1. The van der Waals surface area contributed by atoms with Crippen molar-refractivity contribution in [2.75, 3.05) is 40.0 Å². The number of alkyl halides is 1. The molecular weight excluding hydrogens is 478 g/mol. The van der Waals surface area contributed by atoms with Crippen LogP contribution in [0.1, 0.15) is 38.8 Å². The van der Waals surface area contributed by atoms with Crippen LogP contribution in [0.2, 0.25) is 0 Å². The van der Waals surface area contributed by atoms with Crippen molar-refractivity contribution < 1.29 is 14.2 Å². The topological polar surface area (TPSA) is 70.9 Å². The number of benzene rings is 1. The van der Waals surface area contributed by atoms with Gasteiger partial charge in [0.15, 0.2) is 5.66 Å². The molecule has 2 fully saturated rings. The summed E-state index contributed by atoms with van der Waals surface area (Å²) in [4.78, 5) is 15.0. The molecule has 4 heterocycles. The average Bonchev–Trinajstić information content (AvgIpc) is 2.86. The van der Waals surface area contributed by atoms with Gasteiger partial charge in [0.2, 0.25) is 5.96 Å². The van der Waals surface area contributed by atoms with Crippen LogP contribution < -0.4 is 10.1 Å². The lowest BCUT2D eigenvalue weighted by Gasteiger charge is -2.45. The number of aliphatic imine (C=N–C) groups is 2. The zero-order chi connectivity index (χ0) is 25.4. The van der Waals surface area contributed by atoms with Gasteiger partial charge in [0.25, 0.3) is 0 Å². The summed E-state index contributed by atoms with van der Waals surface area (Å²) in [6.07, 6.45) is 4.49. The van der Waals surface area contributed by atoms with Crippen LogP contribution >= 0.6 is 11.6 Å². The van der Waals surface area contributed by atoms with Crippen LogP contribution in [0.15, 0.2) is 45.9 Å². The molecule has 0 aliphatic carbocycles. The smallest absolute Gasteiger partial charge is 0.225 e. The van der Waals surface area contributed by atoms with Crippen molar-refractivity contribution in [1.82, 2.24) is 15.1 Å². The van der Waals surface area contributed by atoms with E-state index in [1.54, 1.807) is 7.11 Å². The second-order valence-electron chi connectivity index (χ2n) is 10.1. The van der Waals surface area contributed by atoms with E-state index in [9.17, 15) is 0 Å². The molecule has 0 amide bonds. The van der Waals surface area contributed by atoms with Gasteiger partial charge in [-0.05, 0) is 63.6 Å². The van der Waals surface area contributed by atoms with Gasteiger partial charge in [-0.3, -0.25) is 0 Å². The highest BCUT2D eigenvalue weighted by atomic mass is 35.5. The largest absolute Gasteiger partial charge is 0.496 e. The molecule has 4 aliphatic heterocycles. The maximum absolute atomic E-state index is 6.21. The molecule has 1 aromatic rings. The first-order valence-corrected chi connectivity index (χ1v) is 13.2. The maximum Gasteiger partial charge on any atom is 0.225 e. The van der Waals surface area contributed by atoms with Crippen molar-refractivity contribution in [3.05, 3.63) is 47.1 Å². The van der Waals surface area contributed by atoms with Crippen LogP contribution in [-0.2, 0) is 15.4 Å². The van der Waals surface area contributed by atoms with Crippen molar-refractivity contribution >= 4 is 29.1 Å². The molecule has 0 bridgehead atoms. The highest BCUT2D eigenvalue weighted by Crippen LogP contribution is 2.35. The summed E-state index contributed by atoms with van der Waals surface area (Å²) in [7, 11) is 1.67. The van der Waals surface area contributed by atoms with E-state index in [-0.39, 0.29) is 18.2 Å². The molecule has 36 heavy (non-hydrogen) atoms. The minimum absolute atomic E-state index is 0.116. The molecule has 0 saturated carbocycles. The Hall–Kier alpha value is -2.55. The minimum atomic E-state index is -0.680. The highest BCUT2D eigenvalue weighted by molar-refractivity contribution is 6.17. The molecule has 0 radical (unpaired) electrons. The third-order valence-electron chi connectivity index (χ3n) is 7.17. The van der Waals surface area contributed by atoms with E-state index in [1.807, 2.05) is 12.1 Å². The van der Waals surface area contributed by atoms with Gasteiger partial charge in [-0.15, -0.1) is 11.6 Å². The van der Waals surface area contributed by atoms with Crippen LogP contribution in [0.5, 0.6) is 5.75 Å². The number of halogens is 1. The predicted octanol–water partition coefficient (Wildman–Crippen LogP) is 3.62. The lowest BCUT2D eigenvalue weighted by atomic mass is 9.92. The Bertz CT molecular complexity index is 1120. The zero-order valence-electron chi connectivity index (χ0n) is 21.8. The normalized spacial score (nSPS) is 30.4. The third-order valence-corrected chi connectivity index (χ3v) is 7.46. The first-order chi connectivity index (χ1) is 17.3. The molecular formula is C27H36ClN5O3. The second kappa shape index (κ2) is 10.1. The van der Waals surface area contributed by atoms with Crippen LogP contribution in [0.4, 0.5) is 0 Å². The third kappa shape index (κ3) is 4.74. The molecule has 1 unspecified atom stereocenters. The van der Waals surface area contributed by atoms with E-state index in [0.29, 0.717) is 19.1 Å². The van der Waals surface area contributed by atoms with Crippen LogP contribution in [0, 0.1) is 0 Å². The molecule has 1 N–H and O–H groups in total. The number of hydrogen-bond acceptors (Lipinski definition) is 8. The molecule has 4 atom stereocenters. The Morgan fingerprint density at radius 3 is 2.67 bits per heavy atom. The van der Waals surface area contributed by atoms with Crippen LogP contribution in [-0.4, -0.2) is 85.5 Å². The Kier molecular flexibility index (Phi) is 7.03. The number of nitrogens with one attached hydrogen (secondary N) is 1. The van der Waals surface area contributed by atoms with Gasteiger partial charge in [0.05, 0.1) is 44.5 Å². The van der Waals surface area contributed by atoms with Gasteiger partial charge in [0, 0.05) is 36.5 Å². The van der Waals surface area contributed by atoms with Gasteiger partial charge in [0.1, 0.15) is 11.6 Å². The molecule has 0 aromatic heterocycles. The number of fused-ring (bicyclic) bond motifs is 1. The molecule has 4 aliphatic rings. The standard InChI is InChI=1S/C27H36ClN5O3/c1-17-16-35-11-10-33(17)25-22-7-8-23(20-6-9-24(34-5)21(12-20)13-28)30-27(22,4)31-26(29-25)32-14-18(2)36-19(3)15-32/h6-9,12,17-19,30H,10-11,13-16H2,1-5H3/t17-,18-,19+,27?/m0/s1. The second-order valence-corrected chi connectivity index (χ2v) is 10.4. The lowest BCUT2D eigenvalue weighted by Crippen LogP contribution is -2.58. The molecule has 2 saturated heterocycles. The van der Waals surface area contributed by atoms with Gasteiger partial charge >= 0.3 is 0 Å². The van der Waals surface area contributed by atoms with Crippen LogP contribution in [0.3, 0.4) is 0 Å². The molecule has 194 valence electrons. The summed E-state index contributed by atoms with van der Waals surface area (Å²) in [5, 5.41) is 3.74. The Labute approximate surface area is 218 Å². The fraction of sp³-hybridized carbons (Fsp3) is 0.556. The predicted molar refractivity (Wildman–Crippen MR) is 144 cm³/mol. The number of methoxy groups -OCH3 is 1. The molecule has 0 spiro atoms. The first-order valence-electron chi connectivity index (χ1n) is 12.7. The Morgan fingerprint density at radius 2 is 1.97 bits per heavy atom. The summed E-state index contributed by atoms with van der Waals surface area (Å²) in [6.45, 7) is 12.2. The number of guanidine groups is 1. The summed E-state index contributed by atoms with van der Waals surface area (Å²) in [6, 6.07) is 6.31. The molecule has 5 rings (SSSR count). The van der Waals surface area contributed by atoms with Gasteiger partial charge in [-0.1, -0.05) is 0 Å². The number of ether oxygens (including phenoxy) is 3. The number of amidine groups is 1. The fourth-order valence-corrected chi connectivity index (χ4v) is 5.63. The van der Waals surface area contributed by atoms with Gasteiger partial charge in [-0.2, -0.15) is 4.99 Å². The van der Waals surface area contributed by atoms with Crippen LogP contribution in [0.25, 0.3) is 5.70 Å². The number of dihydropyridines is 1. The molecule has 9 heteroatoms. The SMILES string of the molecule is COc1ccc(C2=CC=C3C(N4CCOC[C@@H]4C)=NC(N4C[C@@H](C)O[C@@H](C)C4)=NC3(C)N2)cc1CCl. The van der Waals surface area contributed by atoms with Crippen molar-refractivity contribution in [2.45, 2.75) is 57.5 Å². The average molecular weight is 514 g/mol. The monoisotopic (exact) mass is 513 g/mol. The van der Waals surface area contributed by atoms with Crippen molar-refractivity contribution in [1.29, 1.82) is 0 Å². The van der Waals surface area contributed by atoms with Crippen molar-refractivity contribution in [3.63, 3.8) is 0 Å². The number of morpholine rings is 2. The Balaban J connectivity index is 1.56. The number of allylic oxidation sites excluding steroid dienone is 2. The number of nitrogens with zero attached hydrogens (tertiary/aromatic N) is 4. The molecule has 1 aromatic carbocycles. The van der Waals surface area contributed by atoms with Gasteiger partial charge < -0.3 is 29.3 Å². The lowest BCUT2D eigenvalue weighted by molar-refractivity contribution is -0.0486. The summed E-state index contributed by atoms with van der Waals surface area (Å²) >= 11 is 6.21. The molecule has 8 nitrogen and oxygen atoms in total. The first kappa shape index (κ1) is 25.1. The van der Waals surface area contributed by atoms with E-state index >= 15 is 0 Å². The van der Waals surface area contributed by atoms with E-state index in [2.05, 4.69) is 61.0 Å². The van der Waals surface area contributed by atoms with Gasteiger partial charge in [-0.25, -0.2) is 4.99 Å². The quantitative estimate of drug-likeness (QED) is 0.622. The van der Waals surface area contributed by atoms with Crippen molar-refractivity contribution in [2.24, 2.45) is 9.98 Å². The van der Waals surface area contributed by atoms with E-state index in [1.165, 1.54) is 0 Å².